The Bertz CT molecular complexity index is 1100. The SMILES string of the molecule is CCCNC(=O)C[C@H]1CC[C@H]2[C@@H](COc3ccc(NC(=O)c4ccc(OC)cc4)cc3C(=O)N2C)O1. The van der Waals surface area contributed by atoms with Crippen LogP contribution in [0, 0.1) is 0 Å². The molecule has 9 heteroatoms. The van der Waals surface area contributed by atoms with Crippen LogP contribution in [0.3, 0.4) is 0 Å². The molecule has 2 aliphatic heterocycles. The van der Waals surface area contributed by atoms with Crippen molar-refractivity contribution in [3.63, 3.8) is 0 Å². The molecular weight excluding hydrogens is 462 g/mol. The van der Waals surface area contributed by atoms with Gasteiger partial charge in [0.1, 0.15) is 24.2 Å². The average Bonchev–Trinajstić information content (AvgIpc) is 2.89. The molecule has 2 aromatic rings. The van der Waals surface area contributed by atoms with Crippen LogP contribution >= 0.6 is 0 Å². The van der Waals surface area contributed by atoms with Gasteiger partial charge in [-0.15, -0.1) is 0 Å². The fourth-order valence-corrected chi connectivity index (χ4v) is 4.59. The second kappa shape index (κ2) is 11.4. The minimum atomic E-state index is -0.334. The van der Waals surface area contributed by atoms with Gasteiger partial charge in [-0.1, -0.05) is 6.92 Å². The zero-order valence-electron chi connectivity index (χ0n) is 20.9. The van der Waals surface area contributed by atoms with E-state index >= 15 is 0 Å². The molecule has 0 saturated carbocycles. The normalized spacial score (nSPS) is 21.2. The van der Waals surface area contributed by atoms with Crippen molar-refractivity contribution in [2.24, 2.45) is 0 Å². The number of hydrogen-bond donors (Lipinski definition) is 2. The highest BCUT2D eigenvalue weighted by Crippen LogP contribution is 2.32. The molecule has 3 atom stereocenters. The summed E-state index contributed by atoms with van der Waals surface area (Å²) in [6.45, 7) is 2.92. The average molecular weight is 496 g/mol. The van der Waals surface area contributed by atoms with Gasteiger partial charge in [-0.3, -0.25) is 14.4 Å². The lowest BCUT2D eigenvalue weighted by Crippen LogP contribution is -2.54. The van der Waals surface area contributed by atoms with Crippen molar-refractivity contribution >= 4 is 23.4 Å². The molecule has 1 fully saturated rings. The van der Waals surface area contributed by atoms with Crippen LogP contribution in [0.1, 0.15) is 53.3 Å². The molecule has 9 nitrogen and oxygen atoms in total. The quantitative estimate of drug-likeness (QED) is 0.611. The first kappa shape index (κ1) is 25.5. The summed E-state index contributed by atoms with van der Waals surface area (Å²) in [5, 5.41) is 5.73. The van der Waals surface area contributed by atoms with Crippen LogP contribution in [0.15, 0.2) is 42.5 Å². The van der Waals surface area contributed by atoms with E-state index < -0.39 is 0 Å². The predicted molar refractivity (Wildman–Crippen MR) is 135 cm³/mol. The molecule has 3 amide bonds. The van der Waals surface area contributed by atoms with Crippen molar-refractivity contribution in [3.05, 3.63) is 53.6 Å². The van der Waals surface area contributed by atoms with Gasteiger partial charge in [0.25, 0.3) is 11.8 Å². The summed E-state index contributed by atoms with van der Waals surface area (Å²) in [6, 6.07) is 11.6. The largest absolute Gasteiger partial charge is 0.497 e. The number of amides is 3. The van der Waals surface area contributed by atoms with E-state index in [0.717, 1.165) is 6.42 Å². The number of benzene rings is 2. The van der Waals surface area contributed by atoms with Gasteiger partial charge in [-0.2, -0.15) is 0 Å². The molecule has 2 aromatic carbocycles. The molecule has 2 heterocycles. The number of nitrogens with one attached hydrogen (secondary N) is 2. The van der Waals surface area contributed by atoms with Crippen LogP contribution < -0.4 is 20.1 Å². The maximum Gasteiger partial charge on any atom is 0.257 e. The lowest BCUT2D eigenvalue weighted by Gasteiger charge is -2.42. The second-order valence-corrected chi connectivity index (χ2v) is 9.12. The second-order valence-electron chi connectivity index (χ2n) is 9.12. The van der Waals surface area contributed by atoms with E-state index in [1.807, 2.05) is 6.92 Å². The van der Waals surface area contributed by atoms with Gasteiger partial charge >= 0.3 is 0 Å². The molecule has 0 aromatic heterocycles. The van der Waals surface area contributed by atoms with Crippen molar-refractivity contribution in [3.8, 4) is 11.5 Å². The summed E-state index contributed by atoms with van der Waals surface area (Å²) in [4.78, 5) is 39.9. The molecule has 36 heavy (non-hydrogen) atoms. The van der Waals surface area contributed by atoms with Crippen molar-refractivity contribution in [1.29, 1.82) is 0 Å². The van der Waals surface area contributed by atoms with Crippen LogP contribution in [-0.4, -0.2) is 68.2 Å². The van der Waals surface area contributed by atoms with Crippen molar-refractivity contribution in [2.45, 2.75) is 50.9 Å². The Morgan fingerprint density at radius 2 is 1.92 bits per heavy atom. The maximum atomic E-state index is 13.4. The predicted octanol–water partition coefficient (Wildman–Crippen LogP) is 3.24. The van der Waals surface area contributed by atoms with Crippen molar-refractivity contribution < 1.29 is 28.6 Å². The molecule has 192 valence electrons. The monoisotopic (exact) mass is 495 g/mol. The molecule has 2 aliphatic rings. The van der Waals surface area contributed by atoms with Crippen molar-refractivity contribution in [1.82, 2.24) is 10.2 Å². The highest BCUT2D eigenvalue weighted by atomic mass is 16.5. The molecule has 0 bridgehead atoms. The lowest BCUT2D eigenvalue weighted by atomic mass is 9.94. The van der Waals surface area contributed by atoms with Gasteiger partial charge < -0.3 is 29.7 Å². The highest BCUT2D eigenvalue weighted by molar-refractivity contribution is 6.05. The number of fused-ring (bicyclic) bond motifs is 2. The summed E-state index contributed by atoms with van der Waals surface area (Å²) in [5.74, 6) is 0.572. The number of carbonyl (C=O) groups is 3. The number of carbonyl (C=O) groups excluding carboxylic acids is 3. The van der Waals surface area contributed by atoms with E-state index in [4.69, 9.17) is 14.2 Å². The topological polar surface area (TPSA) is 106 Å². The Labute approximate surface area is 211 Å². The third-order valence-corrected chi connectivity index (χ3v) is 6.61. The van der Waals surface area contributed by atoms with Crippen LogP contribution in [0.25, 0.3) is 0 Å². The molecule has 2 N–H and O–H groups in total. The fraction of sp³-hybridized carbons (Fsp3) is 0.444. The molecule has 1 saturated heterocycles. The molecule has 4 rings (SSSR count). The van der Waals surface area contributed by atoms with E-state index in [1.54, 1.807) is 61.5 Å². The van der Waals surface area contributed by atoms with Crippen LogP contribution in [0.4, 0.5) is 5.69 Å². The Balaban J connectivity index is 1.45. The summed E-state index contributed by atoms with van der Waals surface area (Å²) >= 11 is 0. The minimum Gasteiger partial charge on any atom is -0.497 e. The van der Waals surface area contributed by atoms with Crippen LogP contribution in [-0.2, 0) is 9.53 Å². The molecular formula is C27H33N3O6. The Morgan fingerprint density at radius 3 is 2.64 bits per heavy atom. The minimum absolute atomic E-state index is 0.0222. The van der Waals surface area contributed by atoms with E-state index in [1.165, 1.54) is 0 Å². The van der Waals surface area contributed by atoms with Crippen LogP contribution in [0.5, 0.6) is 11.5 Å². The maximum absolute atomic E-state index is 13.4. The number of hydrogen-bond acceptors (Lipinski definition) is 6. The Morgan fingerprint density at radius 1 is 1.14 bits per heavy atom. The summed E-state index contributed by atoms with van der Waals surface area (Å²) < 4.78 is 17.3. The molecule has 0 spiro atoms. The number of ether oxygens (including phenoxy) is 3. The molecule has 0 radical (unpaired) electrons. The van der Waals surface area contributed by atoms with Gasteiger partial charge in [0, 0.05) is 24.8 Å². The zero-order valence-corrected chi connectivity index (χ0v) is 20.9. The first-order chi connectivity index (χ1) is 17.4. The smallest absolute Gasteiger partial charge is 0.257 e. The first-order valence-corrected chi connectivity index (χ1v) is 12.3. The molecule has 0 unspecified atom stereocenters. The number of anilines is 1. The summed E-state index contributed by atoms with van der Waals surface area (Å²) in [7, 11) is 3.32. The number of nitrogens with zero attached hydrogens (tertiary/aromatic N) is 1. The number of methoxy groups -OCH3 is 1. The lowest BCUT2D eigenvalue weighted by molar-refractivity contribution is -0.134. The first-order valence-electron chi connectivity index (χ1n) is 12.3. The van der Waals surface area contributed by atoms with Gasteiger partial charge in [0.15, 0.2) is 0 Å². The summed E-state index contributed by atoms with van der Waals surface area (Å²) in [6.07, 6.45) is 2.04. The molecule has 0 aliphatic carbocycles. The van der Waals surface area contributed by atoms with Gasteiger partial charge in [0.2, 0.25) is 5.91 Å². The van der Waals surface area contributed by atoms with E-state index in [2.05, 4.69) is 10.6 Å². The number of likely N-dealkylation sites (N-methyl/N-ethyl adjacent to an activating group) is 1. The zero-order chi connectivity index (χ0) is 25.7. The van der Waals surface area contributed by atoms with Gasteiger partial charge in [0.05, 0.1) is 31.2 Å². The van der Waals surface area contributed by atoms with Crippen LogP contribution in [0.2, 0.25) is 0 Å². The highest BCUT2D eigenvalue weighted by Gasteiger charge is 2.39. The third kappa shape index (κ3) is 5.79. The van der Waals surface area contributed by atoms with Gasteiger partial charge in [-0.05, 0) is 61.7 Å². The fourth-order valence-electron chi connectivity index (χ4n) is 4.59. The number of rotatable bonds is 7. The third-order valence-electron chi connectivity index (χ3n) is 6.61. The van der Waals surface area contributed by atoms with Gasteiger partial charge in [-0.25, -0.2) is 0 Å². The van der Waals surface area contributed by atoms with E-state index in [0.29, 0.717) is 54.1 Å². The summed E-state index contributed by atoms with van der Waals surface area (Å²) in [5.41, 5.74) is 1.35. The van der Waals surface area contributed by atoms with Crippen molar-refractivity contribution in [2.75, 3.05) is 32.6 Å². The Hall–Kier alpha value is -3.59. The standard InChI is InChI=1S/C27H33N3O6/c1-4-13-28-25(31)15-20-10-11-22-24(36-20)16-35-23-12-7-18(14-21(23)27(33)30(22)2)29-26(32)17-5-8-19(34-3)9-6-17/h5-9,12,14,20,22,24H,4,10-11,13,15-16H2,1-3H3,(H,28,31)(H,29,32)/t20-,22+,24-/m1/s1. The van der Waals surface area contributed by atoms with E-state index in [-0.39, 0.29) is 42.6 Å². The van der Waals surface area contributed by atoms with E-state index in [9.17, 15) is 14.4 Å². The Kier molecular flexibility index (Phi) is 8.10.